The molecule has 1 aliphatic heterocycles. The molecule has 0 aromatic carbocycles. The van der Waals surface area contributed by atoms with E-state index in [1.54, 1.807) is 0 Å². The third kappa shape index (κ3) is 3.20. The van der Waals surface area contributed by atoms with Crippen LogP contribution in [0.4, 0.5) is 0 Å². The number of ether oxygens (including phenoxy) is 1. The van der Waals surface area contributed by atoms with E-state index in [9.17, 15) is 19.9 Å². The number of hydrogen-bond acceptors (Lipinski definition) is 7. The number of phosphoric ester groups is 1. The first-order chi connectivity index (χ1) is 7.26. The quantitative estimate of drug-likeness (QED) is 0.289. The van der Waals surface area contributed by atoms with Crippen LogP contribution in [0.3, 0.4) is 0 Å². The molecule has 10 heteroatoms. The fourth-order valence-electron chi connectivity index (χ4n) is 1.29. The maximum absolute atomic E-state index is 10.5. The summed E-state index contributed by atoms with van der Waals surface area (Å²) in [5.74, 6) is 0. The Morgan fingerprint density at radius 1 is 1.12 bits per heavy atom. The van der Waals surface area contributed by atoms with E-state index in [2.05, 4.69) is 9.26 Å². The lowest BCUT2D eigenvalue weighted by atomic mass is 10.00. The van der Waals surface area contributed by atoms with Crippen LogP contribution in [0.25, 0.3) is 0 Å². The molecule has 0 bridgehead atoms. The maximum atomic E-state index is 10.5. The van der Waals surface area contributed by atoms with Crippen LogP contribution in [0.2, 0.25) is 0 Å². The SMILES string of the molecule is O=P(O)(O)O[C@@H]1O[C@H](CO)[C@@H](O)[C@@H](O)[C@H]1O. The molecule has 16 heavy (non-hydrogen) atoms. The summed E-state index contributed by atoms with van der Waals surface area (Å²) in [7, 11) is -4.91. The first-order valence-corrected chi connectivity index (χ1v) is 5.83. The van der Waals surface area contributed by atoms with Crippen LogP contribution >= 0.6 is 7.82 Å². The fraction of sp³-hybridized carbons (Fsp3) is 1.00. The van der Waals surface area contributed by atoms with Gasteiger partial charge in [-0.2, -0.15) is 0 Å². The molecular weight excluding hydrogens is 247 g/mol. The molecule has 0 aliphatic carbocycles. The topological polar surface area (TPSA) is 157 Å². The van der Waals surface area contributed by atoms with E-state index in [1.165, 1.54) is 0 Å². The van der Waals surface area contributed by atoms with E-state index in [1.807, 2.05) is 0 Å². The minimum absolute atomic E-state index is 0.702. The summed E-state index contributed by atoms with van der Waals surface area (Å²) in [6.07, 6.45) is -8.25. The molecule has 1 aliphatic rings. The zero-order valence-corrected chi connectivity index (χ0v) is 8.84. The third-order valence-electron chi connectivity index (χ3n) is 2.09. The van der Waals surface area contributed by atoms with Gasteiger partial charge in [0.05, 0.1) is 6.61 Å². The van der Waals surface area contributed by atoms with Gasteiger partial charge in [0.15, 0.2) is 6.29 Å². The second-order valence-corrected chi connectivity index (χ2v) is 4.49. The average Bonchev–Trinajstić information content (AvgIpc) is 2.17. The van der Waals surface area contributed by atoms with Crippen molar-refractivity contribution in [2.45, 2.75) is 30.7 Å². The Morgan fingerprint density at radius 3 is 2.12 bits per heavy atom. The third-order valence-corrected chi connectivity index (χ3v) is 2.57. The number of aliphatic hydroxyl groups excluding tert-OH is 4. The van der Waals surface area contributed by atoms with Crippen LogP contribution in [0, 0.1) is 0 Å². The molecule has 1 rings (SSSR count). The summed E-state index contributed by atoms with van der Waals surface area (Å²) in [6.45, 7) is -0.702. The molecule has 1 heterocycles. The van der Waals surface area contributed by atoms with Crippen LogP contribution in [-0.2, 0) is 13.8 Å². The summed E-state index contributed by atoms with van der Waals surface area (Å²) in [4.78, 5) is 17.0. The summed E-state index contributed by atoms with van der Waals surface area (Å²) in [5.41, 5.74) is 0. The Hall–Kier alpha value is -0.0900. The molecule has 0 saturated carbocycles. The first kappa shape index (κ1) is 14.0. The van der Waals surface area contributed by atoms with Gasteiger partial charge in [0, 0.05) is 0 Å². The van der Waals surface area contributed by atoms with Crippen molar-refractivity contribution in [2.75, 3.05) is 6.61 Å². The second-order valence-electron chi connectivity index (χ2n) is 3.29. The van der Waals surface area contributed by atoms with Crippen molar-refractivity contribution in [3.05, 3.63) is 0 Å². The highest BCUT2D eigenvalue weighted by atomic mass is 31.2. The van der Waals surface area contributed by atoms with E-state index in [0.29, 0.717) is 0 Å². The molecule has 5 atom stereocenters. The monoisotopic (exact) mass is 260 g/mol. The Kier molecular flexibility index (Phi) is 4.41. The van der Waals surface area contributed by atoms with Gasteiger partial charge in [-0.1, -0.05) is 0 Å². The normalized spacial score (nSPS) is 41.0. The Morgan fingerprint density at radius 2 is 1.69 bits per heavy atom. The van der Waals surface area contributed by atoms with Crippen molar-refractivity contribution in [1.29, 1.82) is 0 Å². The summed E-state index contributed by atoms with van der Waals surface area (Å²) < 4.78 is 19.2. The maximum Gasteiger partial charge on any atom is 0.472 e. The zero-order valence-electron chi connectivity index (χ0n) is 7.95. The predicted octanol–water partition coefficient (Wildman–Crippen LogP) is -3.10. The molecule has 0 aromatic heterocycles. The van der Waals surface area contributed by atoms with Crippen LogP contribution in [0.15, 0.2) is 0 Å². The van der Waals surface area contributed by atoms with Gasteiger partial charge in [-0.3, -0.25) is 4.52 Å². The zero-order chi connectivity index (χ0) is 12.5. The average molecular weight is 260 g/mol. The van der Waals surface area contributed by atoms with Crippen LogP contribution in [0.5, 0.6) is 0 Å². The molecule has 6 N–H and O–H groups in total. The number of phosphoric acid groups is 1. The highest BCUT2D eigenvalue weighted by Gasteiger charge is 2.46. The van der Waals surface area contributed by atoms with Crippen molar-refractivity contribution >= 4 is 7.82 Å². The smallest absolute Gasteiger partial charge is 0.394 e. The standard InChI is InChI=1S/C6H13O9P/c7-1-2-3(8)4(9)5(10)6(14-2)15-16(11,12)13/h2-10H,1H2,(H2,11,12,13)/t2-,3-,4-,5-,6+/m1/s1. The van der Waals surface area contributed by atoms with Gasteiger partial charge in [0.25, 0.3) is 0 Å². The van der Waals surface area contributed by atoms with Crippen molar-refractivity contribution in [3.8, 4) is 0 Å². The van der Waals surface area contributed by atoms with Crippen LogP contribution in [0.1, 0.15) is 0 Å². The van der Waals surface area contributed by atoms with Gasteiger partial charge in [0.2, 0.25) is 0 Å². The summed E-state index contributed by atoms with van der Waals surface area (Å²) in [5, 5.41) is 36.6. The van der Waals surface area contributed by atoms with Gasteiger partial charge in [0.1, 0.15) is 24.4 Å². The van der Waals surface area contributed by atoms with E-state index in [0.717, 1.165) is 0 Å². The molecule has 0 aromatic rings. The predicted molar refractivity (Wildman–Crippen MR) is 46.9 cm³/mol. The van der Waals surface area contributed by atoms with E-state index in [4.69, 9.17) is 14.9 Å². The van der Waals surface area contributed by atoms with Crippen LogP contribution in [-0.4, -0.2) is 67.5 Å². The molecule has 0 spiro atoms. The minimum atomic E-state index is -4.91. The van der Waals surface area contributed by atoms with Crippen molar-refractivity contribution in [1.82, 2.24) is 0 Å². The molecule has 0 radical (unpaired) electrons. The molecule has 0 amide bonds. The van der Waals surface area contributed by atoms with Crippen molar-refractivity contribution in [3.63, 3.8) is 0 Å². The lowest BCUT2D eigenvalue weighted by Crippen LogP contribution is -2.58. The first-order valence-electron chi connectivity index (χ1n) is 4.30. The molecule has 96 valence electrons. The van der Waals surface area contributed by atoms with Gasteiger partial charge >= 0.3 is 7.82 Å². The number of rotatable bonds is 3. The van der Waals surface area contributed by atoms with Gasteiger partial charge in [-0.15, -0.1) is 0 Å². The lowest BCUT2D eigenvalue weighted by molar-refractivity contribution is -0.280. The number of hydrogen-bond donors (Lipinski definition) is 6. The summed E-state index contributed by atoms with van der Waals surface area (Å²) in [6, 6.07) is 0. The lowest BCUT2D eigenvalue weighted by Gasteiger charge is -2.39. The van der Waals surface area contributed by atoms with E-state index < -0.39 is 45.1 Å². The van der Waals surface area contributed by atoms with Gasteiger partial charge in [-0.25, -0.2) is 4.57 Å². The fourth-order valence-corrected chi connectivity index (χ4v) is 1.73. The summed E-state index contributed by atoms with van der Waals surface area (Å²) >= 11 is 0. The Balaban J connectivity index is 2.75. The number of aliphatic hydroxyl groups is 4. The molecule has 1 saturated heterocycles. The molecule has 9 nitrogen and oxygen atoms in total. The minimum Gasteiger partial charge on any atom is -0.394 e. The van der Waals surface area contributed by atoms with Crippen molar-refractivity contribution < 1.29 is 44.0 Å². The largest absolute Gasteiger partial charge is 0.472 e. The molecule has 1 fully saturated rings. The van der Waals surface area contributed by atoms with Gasteiger partial charge in [-0.05, 0) is 0 Å². The highest BCUT2D eigenvalue weighted by molar-refractivity contribution is 7.46. The Bertz CT molecular complexity index is 275. The molecular formula is C6H13O9P. The second kappa shape index (κ2) is 5.05. The van der Waals surface area contributed by atoms with Gasteiger partial charge < -0.3 is 34.9 Å². The van der Waals surface area contributed by atoms with Crippen LogP contribution < -0.4 is 0 Å². The highest BCUT2D eigenvalue weighted by Crippen LogP contribution is 2.40. The van der Waals surface area contributed by atoms with E-state index >= 15 is 0 Å². The van der Waals surface area contributed by atoms with E-state index in [-0.39, 0.29) is 0 Å². The molecule has 0 unspecified atom stereocenters. The van der Waals surface area contributed by atoms with Crippen molar-refractivity contribution in [2.24, 2.45) is 0 Å². The Labute approximate surface area is 90.1 Å².